The minimum atomic E-state index is -0.728. The Bertz CT molecular complexity index is 630. The number of rotatable bonds is 2. The minimum absolute atomic E-state index is 0.0131. The Hall–Kier alpha value is -2.56. The molecule has 2 aromatic rings. The Morgan fingerprint density at radius 1 is 1.00 bits per heavy atom. The highest BCUT2D eigenvalue weighted by atomic mass is 16.3. The van der Waals surface area contributed by atoms with Crippen molar-refractivity contribution in [3.8, 4) is 5.75 Å². The number of aromatic hydroxyl groups is 1. The zero-order valence-electron chi connectivity index (χ0n) is 8.81. The van der Waals surface area contributed by atoms with Crippen LogP contribution in [0.25, 0.3) is 10.8 Å². The number of primary amides is 2. The molecule has 0 aliphatic rings. The molecule has 5 nitrogen and oxygen atoms in total. The van der Waals surface area contributed by atoms with E-state index in [1.807, 2.05) is 0 Å². The molecule has 5 heteroatoms. The van der Waals surface area contributed by atoms with Gasteiger partial charge in [0.05, 0.1) is 5.56 Å². The van der Waals surface area contributed by atoms with E-state index in [-0.39, 0.29) is 16.9 Å². The number of benzene rings is 2. The number of fused-ring (bicyclic) bond motifs is 1. The van der Waals surface area contributed by atoms with Crippen LogP contribution in [0.3, 0.4) is 0 Å². The van der Waals surface area contributed by atoms with Gasteiger partial charge >= 0.3 is 0 Å². The van der Waals surface area contributed by atoms with Crippen LogP contribution in [0.15, 0.2) is 30.3 Å². The van der Waals surface area contributed by atoms with Crippen molar-refractivity contribution in [2.75, 3.05) is 0 Å². The molecule has 2 amide bonds. The normalized spacial score (nSPS) is 10.4. The van der Waals surface area contributed by atoms with E-state index in [4.69, 9.17) is 11.5 Å². The van der Waals surface area contributed by atoms with Gasteiger partial charge in [0.25, 0.3) is 5.91 Å². The lowest BCUT2D eigenvalue weighted by Gasteiger charge is -2.06. The van der Waals surface area contributed by atoms with Crippen molar-refractivity contribution in [1.29, 1.82) is 0 Å². The molecule has 86 valence electrons. The molecule has 0 saturated heterocycles. The summed E-state index contributed by atoms with van der Waals surface area (Å²) in [5, 5.41) is 10.9. The zero-order chi connectivity index (χ0) is 12.6. The average Bonchev–Trinajstić information content (AvgIpc) is 2.28. The maximum absolute atomic E-state index is 11.1. The molecule has 2 aromatic carbocycles. The Morgan fingerprint density at radius 2 is 1.65 bits per heavy atom. The van der Waals surface area contributed by atoms with Crippen LogP contribution in [-0.2, 0) is 0 Å². The molecule has 0 aliphatic heterocycles. The second-order valence-electron chi connectivity index (χ2n) is 3.63. The minimum Gasteiger partial charge on any atom is -0.506 e. The summed E-state index contributed by atoms with van der Waals surface area (Å²) < 4.78 is 0. The summed E-state index contributed by atoms with van der Waals surface area (Å²) in [6, 6.07) is 7.69. The van der Waals surface area contributed by atoms with Crippen molar-refractivity contribution in [2.45, 2.75) is 0 Å². The number of amides is 2. The first-order valence-electron chi connectivity index (χ1n) is 4.86. The molecule has 17 heavy (non-hydrogen) atoms. The molecule has 0 bridgehead atoms. The Morgan fingerprint density at radius 3 is 2.24 bits per heavy atom. The lowest BCUT2D eigenvalue weighted by atomic mass is 10.0. The third-order valence-electron chi connectivity index (χ3n) is 2.54. The monoisotopic (exact) mass is 230 g/mol. The van der Waals surface area contributed by atoms with E-state index in [0.29, 0.717) is 10.8 Å². The van der Waals surface area contributed by atoms with Crippen LogP contribution in [0.4, 0.5) is 0 Å². The van der Waals surface area contributed by atoms with Gasteiger partial charge in [0.15, 0.2) is 0 Å². The summed E-state index contributed by atoms with van der Waals surface area (Å²) in [7, 11) is 0. The predicted molar refractivity (Wildman–Crippen MR) is 62.6 cm³/mol. The maximum atomic E-state index is 11.1. The van der Waals surface area contributed by atoms with Crippen LogP contribution in [-0.4, -0.2) is 16.9 Å². The molecule has 0 fully saturated rings. The lowest BCUT2D eigenvalue weighted by molar-refractivity contribution is 0.0991. The summed E-state index contributed by atoms with van der Waals surface area (Å²) in [5.41, 5.74) is 10.5. The summed E-state index contributed by atoms with van der Waals surface area (Å²) in [6.07, 6.45) is 0. The Labute approximate surface area is 96.6 Å². The topological polar surface area (TPSA) is 106 Å². The number of carbonyl (C=O) groups is 2. The highest BCUT2D eigenvalue weighted by molar-refractivity contribution is 6.05. The van der Waals surface area contributed by atoms with Crippen LogP contribution in [0.2, 0.25) is 0 Å². The van der Waals surface area contributed by atoms with Crippen molar-refractivity contribution in [2.24, 2.45) is 11.5 Å². The fourth-order valence-electron chi connectivity index (χ4n) is 1.66. The average molecular weight is 230 g/mol. The molecular weight excluding hydrogens is 220 g/mol. The molecule has 0 heterocycles. The summed E-state index contributed by atoms with van der Waals surface area (Å²) in [5.74, 6) is -1.57. The van der Waals surface area contributed by atoms with Crippen molar-refractivity contribution >= 4 is 22.6 Å². The second kappa shape index (κ2) is 3.79. The zero-order valence-corrected chi connectivity index (χ0v) is 8.81. The number of carbonyl (C=O) groups excluding carboxylic acids is 2. The summed E-state index contributed by atoms with van der Waals surface area (Å²) in [6.45, 7) is 0. The van der Waals surface area contributed by atoms with Gasteiger partial charge in [-0.2, -0.15) is 0 Å². The predicted octanol–water partition coefficient (Wildman–Crippen LogP) is 0.743. The molecule has 5 N–H and O–H groups in total. The fraction of sp³-hybridized carbons (Fsp3) is 0. The van der Waals surface area contributed by atoms with Gasteiger partial charge in [-0.15, -0.1) is 0 Å². The van der Waals surface area contributed by atoms with Gasteiger partial charge in [-0.1, -0.05) is 12.1 Å². The van der Waals surface area contributed by atoms with Gasteiger partial charge in [-0.25, -0.2) is 0 Å². The van der Waals surface area contributed by atoms with Crippen molar-refractivity contribution in [3.05, 3.63) is 41.5 Å². The summed E-state index contributed by atoms with van der Waals surface area (Å²) >= 11 is 0. The molecule has 0 spiro atoms. The number of hydrogen-bond acceptors (Lipinski definition) is 3. The van der Waals surface area contributed by atoms with E-state index in [1.165, 1.54) is 12.1 Å². The van der Waals surface area contributed by atoms with Gasteiger partial charge in [0, 0.05) is 10.9 Å². The third-order valence-corrected chi connectivity index (χ3v) is 2.54. The Balaban J connectivity index is 2.78. The lowest BCUT2D eigenvalue weighted by Crippen LogP contribution is -2.12. The van der Waals surface area contributed by atoms with Gasteiger partial charge in [-0.3, -0.25) is 9.59 Å². The fourth-order valence-corrected chi connectivity index (χ4v) is 1.66. The van der Waals surface area contributed by atoms with Gasteiger partial charge in [0.1, 0.15) is 5.75 Å². The largest absolute Gasteiger partial charge is 0.506 e. The standard InChI is InChI=1S/C12H10N2O3/c13-11(16)7-2-1-6-3-4-8(12(14)17)10(15)9(6)5-7/h1-5,15H,(H2,13,16)(H2,14,17). The van der Waals surface area contributed by atoms with E-state index >= 15 is 0 Å². The Kier molecular flexibility index (Phi) is 2.44. The number of hydrogen-bond donors (Lipinski definition) is 3. The van der Waals surface area contributed by atoms with Crippen LogP contribution in [0.1, 0.15) is 20.7 Å². The number of nitrogens with two attached hydrogens (primary N) is 2. The van der Waals surface area contributed by atoms with E-state index in [2.05, 4.69) is 0 Å². The first-order valence-corrected chi connectivity index (χ1v) is 4.86. The molecule has 0 radical (unpaired) electrons. The smallest absolute Gasteiger partial charge is 0.252 e. The maximum Gasteiger partial charge on any atom is 0.252 e. The third kappa shape index (κ3) is 1.78. The molecule has 0 unspecified atom stereocenters. The first-order chi connectivity index (χ1) is 8.00. The van der Waals surface area contributed by atoms with Crippen LogP contribution in [0.5, 0.6) is 5.75 Å². The van der Waals surface area contributed by atoms with Crippen molar-refractivity contribution in [3.63, 3.8) is 0 Å². The molecular formula is C12H10N2O3. The number of phenols is 1. The van der Waals surface area contributed by atoms with Crippen molar-refractivity contribution < 1.29 is 14.7 Å². The van der Waals surface area contributed by atoms with E-state index < -0.39 is 11.8 Å². The summed E-state index contributed by atoms with van der Waals surface area (Å²) in [4.78, 5) is 22.1. The molecule has 0 aliphatic carbocycles. The van der Waals surface area contributed by atoms with Crippen molar-refractivity contribution in [1.82, 2.24) is 0 Å². The second-order valence-corrected chi connectivity index (χ2v) is 3.63. The highest BCUT2D eigenvalue weighted by Gasteiger charge is 2.12. The van der Waals surface area contributed by atoms with E-state index in [9.17, 15) is 14.7 Å². The first kappa shape index (κ1) is 10.9. The van der Waals surface area contributed by atoms with Crippen LogP contribution in [0, 0.1) is 0 Å². The molecule has 2 rings (SSSR count). The van der Waals surface area contributed by atoms with Crippen LogP contribution >= 0.6 is 0 Å². The van der Waals surface area contributed by atoms with Crippen LogP contribution < -0.4 is 11.5 Å². The molecule has 0 atom stereocenters. The molecule has 0 aromatic heterocycles. The quantitative estimate of drug-likeness (QED) is 0.708. The molecule has 0 saturated carbocycles. The van der Waals surface area contributed by atoms with Gasteiger partial charge in [0.2, 0.25) is 5.91 Å². The van der Waals surface area contributed by atoms with E-state index in [0.717, 1.165) is 0 Å². The highest BCUT2D eigenvalue weighted by Crippen LogP contribution is 2.29. The van der Waals surface area contributed by atoms with E-state index in [1.54, 1.807) is 18.2 Å². The van der Waals surface area contributed by atoms with Gasteiger partial charge < -0.3 is 16.6 Å². The van der Waals surface area contributed by atoms with Gasteiger partial charge in [-0.05, 0) is 23.6 Å². The SMILES string of the molecule is NC(=O)c1ccc2ccc(C(N)=O)c(O)c2c1.